The molecule has 0 aromatic rings. The summed E-state index contributed by atoms with van der Waals surface area (Å²) >= 11 is 0. The van der Waals surface area contributed by atoms with Gasteiger partial charge in [0.2, 0.25) is 0 Å². The minimum atomic E-state index is 0.150. The van der Waals surface area contributed by atoms with Crippen LogP contribution in [-0.2, 0) is 4.74 Å². The largest absolute Gasteiger partial charge is 0.381 e. The lowest BCUT2D eigenvalue weighted by Gasteiger charge is -2.56. The fourth-order valence-corrected chi connectivity index (χ4v) is 3.43. The van der Waals surface area contributed by atoms with Gasteiger partial charge in [-0.05, 0) is 33.2 Å². The molecular weight excluding hydrogens is 226 g/mol. The summed E-state index contributed by atoms with van der Waals surface area (Å²) in [5, 5.41) is 0. The molecule has 2 saturated heterocycles. The van der Waals surface area contributed by atoms with Crippen LogP contribution < -0.4 is 5.73 Å². The van der Waals surface area contributed by atoms with E-state index in [4.69, 9.17) is 10.5 Å². The van der Waals surface area contributed by atoms with Crippen molar-refractivity contribution in [3.05, 3.63) is 0 Å². The maximum Gasteiger partial charge on any atom is 0.0509 e. The van der Waals surface area contributed by atoms with Crippen LogP contribution in [0.25, 0.3) is 0 Å². The van der Waals surface area contributed by atoms with Crippen LogP contribution >= 0.6 is 0 Å². The summed E-state index contributed by atoms with van der Waals surface area (Å²) in [6.07, 6.45) is 1.07. The number of hydrogen-bond donors (Lipinski definition) is 1. The zero-order chi connectivity index (χ0) is 13.4. The molecule has 0 aromatic carbocycles. The zero-order valence-corrected chi connectivity index (χ0v) is 12.4. The van der Waals surface area contributed by atoms with Gasteiger partial charge in [-0.2, -0.15) is 0 Å². The Balaban J connectivity index is 2.17. The summed E-state index contributed by atoms with van der Waals surface area (Å²) < 4.78 is 5.61. The molecule has 2 atom stereocenters. The Bertz CT molecular complexity index is 295. The van der Waals surface area contributed by atoms with E-state index in [1.165, 1.54) is 0 Å². The summed E-state index contributed by atoms with van der Waals surface area (Å²) in [4.78, 5) is 5.10. The average molecular weight is 255 g/mol. The van der Waals surface area contributed by atoms with E-state index in [0.717, 1.165) is 45.8 Å². The van der Waals surface area contributed by atoms with E-state index in [1.54, 1.807) is 0 Å². The third-order valence-corrected chi connectivity index (χ3v) is 5.26. The van der Waals surface area contributed by atoms with E-state index in [2.05, 4.69) is 37.6 Å². The summed E-state index contributed by atoms with van der Waals surface area (Å²) in [6, 6.07) is 0. The molecule has 0 aromatic heterocycles. The maximum atomic E-state index is 6.17. The van der Waals surface area contributed by atoms with Gasteiger partial charge >= 0.3 is 0 Å². The molecule has 2 aliphatic rings. The van der Waals surface area contributed by atoms with E-state index in [0.29, 0.717) is 5.92 Å². The number of likely N-dealkylation sites (N-methyl/N-ethyl adjacent to an activating group) is 1. The first-order chi connectivity index (χ1) is 8.42. The smallest absolute Gasteiger partial charge is 0.0509 e. The van der Waals surface area contributed by atoms with Gasteiger partial charge in [0.1, 0.15) is 0 Å². The molecule has 18 heavy (non-hydrogen) atoms. The predicted octanol–water partition coefficient (Wildman–Crippen LogP) is 0.766. The standard InChI is InChI=1S/C14H29N3O/c1-12-9-18-8-5-14(12,10-15)17-7-6-16(4)13(2,3)11-17/h12H,5-11,15H2,1-4H3. The minimum Gasteiger partial charge on any atom is -0.381 e. The Kier molecular flexibility index (Phi) is 4.02. The second-order valence-electron chi connectivity index (χ2n) is 6.69. The number of nitrogens with zero attached hydrogens (tertiary/aromatic N) is 2. The average Bonchev–Trinajstić information content (AvgIpc) is 2.34. The Hall–Kier alpha value is -0.160. The fraction of sp³-hybridized carbons (Fsp3) is 1.00. The van der Waals surface area contributed by atoms with Crippen molar-refractivity contribution in [2.24, 2.45) is 11.7 Å². The van der Waals surface area contributed by atoms with Gasteiger partial charge in [-0.25, -0.2) is 0 Å². The van der Waals surface area contributed by atoms with Crippen LogP contribution in [0, 0.1) is 5.92 Å². The third kappa shape index (κ3) is 2.31. The molecule has 4 heteroatoms. The molecule has 2 aliphatic heterocycles. The molecule has 0 saturated carbocycles. The summed E-state index contributed by atoms with van der Waals surface area (Å²) in [6.45, 7) is 12.8. The van der Waals surface area contributed by atoms with E-state index in [9.17, 15) is 0 Å². The predicted molar refractivity (Wildman–Crippen MR) is 74.7 cm³/mol. The van der Waals surface area contributed by atoms with Gasteiger partial charge in [0.25, 0.3) is 0 Å². The van der Waals surface area contributed by atoms with Crippen molar-refractivity contribution in [2.75, 3.05) is 46.4 Å². The molecule has 0 radical (unpaired) electrons. The Labute approximate surface area is 111 Å². The van der Waals surface area contributed by atoms with E-state index in [1.807, 2.05) is 0 Å². The van der Waals surface area contributed by atoms with Gasteiger partial charge in [-0.1, -0.05) is 6.92 Å². The van der Waals surface area contributed by atoms with Gasteiger partial charge in [0, 0.05) is 43.9 Å². The molecule has 2 fully saturated rings. The van der Waals surface area contributed by atoms with Gasteiger partial charge in [-0.3, -0.25) is 9.80 Å². The van der Waals surface area contributed by atoms with Crippen LogP contribution in [0.5, 0.6) is 0 Å². The lowest BCUT2D eigenvalue weighted by Crippen LogP contribution is -2.69. The highest BCUT2D eigenvalue weighted by Gasteiger charge is 2.46. The molecule has 2 rings (SSSR count). The first-order valence-electron chi connectivity index (χ1n) is 7.16. The quantitative estimate of drug-likeness (QED) is 0.791. The molecule has 2 N–H and O–H groups in total. The topological polar surface area (TPSA) is 41.7 Å². The number of rotatable bonds is 2. The second kappa shape index (κ2) is 5.08. The van der Waals surface area contributed by atoms with Gasteiger partial charge < -0.3 is 10.5 Å². The highest BCUT2D eigenvalue weighted by atomic mass is 16.5. The monoisotopic (exact) mass is 255 g/mol. The van der Waals surface area contributed by atoms with Crippen molar-refractivity contribution < 1.29 is 4.74 Å². The summed E-state index contributed by atoms with van der Waals surface area (Å²) in [5.41, 5.74) is 6.56. The maximum absolute atomic E-state index is 6.17. The van der Waals surface area contributed by atoms with E-state index in [-0.39, 0.29) is 11.1 Å². The minimum absolute atomic E-state index is 0.150. The van der Waals surface area contributed by atoms with Crippen LogP contribution in [0.15, 0.2) is 0 Å². The highest BCUT2D eigenvalue weighted by molar-refractivity contribution is 5.02. The lowest BCUT2D eigenvalue weighted by atomic mass is 9.78. The molecule has 0 amide bonds. The van der Waals surface area contributed by atoms with Gasteiger partial charge in [0.05, 0.1) is 6.61 Å². The summed E-state index contributed by atoms with van der Waals surface area (Å²) in [7, 11) is 2.22. The van der Waals surface area contributed by atoms with Crippen molar-refractivity contribution in [3.63, 3.8) is 0 Å². The van der Waals surface area contributed by atoms with Gasteiger partial charge in [0.15, 0.2) is 0 Å². The number of ether oxygens (including phenoxy) is 1. The molecular formula is C14H29N3O. The zero-order valence-electron chi connectivity index (χ0n) is 12.4. The van der Waals surface area contributed by atoms with Crippen molar-refractivity contribution in [3.8, 4) is 0 Å². The highest BCUT2D eigenvalue weighted by Crippen LogP contribution is 2.35. The molecule has 2 unspecified atom stereocenters. The lowest BCUT2D eigenvalue weighted by molar-refractivity contribution is -0.0997. The van der Waals surface area contributed by atoms with E-state index >= 15 is 0 Å². The second-order valence-corrected chi connectivity index (χ2v) is 6.69. The molecule has 106 valence electrons. The third-order valence-electron chi connectivity index (χ3n) is 5.26. The summed E-state index contributed by atoms with van der Waals surface area (Å²) in [5.74, 6) is 0.524. The molecule has 4 nitrogen and oxygen atoms in total. The number of hydrogen-bond acceptors (Lipinski definition) is 4. The van der Waals surface area contributed by atoms with Crippen molar-refractivity contribution in [1.29, 1.82) is 0 Å². The van der Waals surface area contributed by atoms with Crippen LogP contribution in [0.2, 0.25) is 0 Å². The van der Waals surface area contributed by atoms with E-state index < -0.39 is 0 Å². The normalized spacial score (nSPS) is 38.8. The van der Waals surface area contributed by atoms with Crippen LogP contribution in [0.1, 0.15) is 27.2 Å². The first kappa shape index (κ1) is 14.3. The molecule has 0 bridgehead atoms. The Morgan fingerprint density at radius 2 is 2.06 bits per heavy atom. The van der Waals surface area contributed by atoms with Crippen molar-refractivity contribution in [2.45, 2.75) is 38.3 Å². The van der Waals surface area contributed by atoms with Gasteiger partial charge in [-0.15, -0.1) is 0 Å². The number of nitrogens with two attached hydrogens (primary N) is 1. The fourth-order valence-electron chi connectivity index (χ4n) is 3.43. The molecule has 0 aliphatic carbocycles. The van der Waals surface area contributed by atoms with Crippen LogP contribution in [0.4, 0.5) is 0 Å². The SMILES string of the molecule is CC1COCCC1(CN)N1CCN(C)C(C)(C)C1. The Morgan fingerprint density at radius 1 is 1.33 bits per heavy atom. The first-order valence-corrected chi connectivity index (χ1v) is 7.16. The number of piperazine rings is 1. The van der Waals surface area contributed by atoms with Crippen LogP contribution in [0.3, 0.4) is 0 Å². The molecule has 0 spiro atoms. The van der Waals surface area contributed by atoms with Crippen LogP contribution in [-0.4, -0.2) is 67.3 Å². The molecule has 2 heterocycles. The van der Waals surface area contributed by atoms with Crippen molar-refractivity contribution in [1.82, 2.24) is 9.80 Å². The van der Waals surface area contributed by atoms with Crippen molar-refractivity contribution >= 4 is 0 Å². The Morgan fingerprint density at radius 3 is 2.61 bits per heavy atom.